The van der Waals surface area contributed by atoms with Crippen LogP contribution in [-0.4, -0.2) is 37.0 Å². The van der Waals surface area contributed by atoms with Gasteiger partial charge in [0.15, 0.2) is 0 Å². The van der Waals surface area contributed by atoms with E-state index < -0.39 is 11.9 Å². The van der Waals surface area contributed by atoms with Crippen LogP contribution in [0, 0.1) is 11.3 Å². The standard InChI is InChI=1S/C22H23N3O3/c1-3-25-10-9-17-18(15-7-5-4-6-8-15)11-16(13-23)22(19(17)14-25)24-20(26)12-21(27)28-2/h4-8,11H,3,9-10,12,14H2,1-2H3,(H,24,26). The molecular weight excluding hydrogens is 354 g/mol. The largest absolute Gasteiger partial charge is 0.469 e. The highest BCUT2D eigenvalue weighted by atomic mass is 16.5. The Morgan fingerprint density at radius 1 is 1.25 bits per heavy atom. The summed E-state index contributed by atoms with van der Waals surface area (Å²) in [6.07, 6.45) is 0.451. The van der Waals surface area contributed by atoms with E-state index in [9.17, 15) is 14.9 Å². The average molecular weight is 377 g/mol. The van der Waals surface area contributed by atoms with E-state index in [0.717, 1.165) is 41.8 Å². The first-order valence-corrected chi connectivity index (χ1v) is 9.30. The maximum absolute atomic E-state index is 12.3. The quantitative estimate of drug-likeness (QED) is 0.639. The molecule has 0 saturated heterocycles. The Morgan fingerprint density at radius 3 is 2.64 bits per heavy atom. The maximum Gasteiger partial charge on any atom is 0.315 e. The summed E-state index contributed by atoms with van der Waals surface area (Å²) >= 11 is 0. The van der Waals surface area contributed by atoms with Crippen LogP contribution in [0.1, 0.15) is 30.0 Å². The molecule has 1 amide bonds. The lowest BCUT2D eigenvalue weighted by molar-refractivity contribution is -0.142. The van der Waals surface area contributed by atoms with Crippen LogP contribution < -0.4 is 5.32 Å². The zero-order valence-electron chi connectivity index (χ0n) is 16.1. The Labute approximate surface area is 164 Å². The second kappa shape index (κ2) is 8.68. The average Bonchev–Trinajstić information content (AvgIpc) is 2.73. The van der Waals surface area contributed by atoms with Gasteiger partial charge < -0.3 is 10.1 Å². The minimum Gasteiger partial charge on any atom is -0.469 e. The van der Waals surface area contributed by atoms with Crippen molar-refractivity contribution in [2.75, 3.05) is 25.5 Å². The monoisotopic (exact) mass is 377 g/mol. The predicted molar refractivity (Wildman–Crippen MR) is 107 cm³/mol. The number of carbonyl (C=O) groups is 2. The fraction of sp³-hybridized carbons (Fsp3) is 0.318. The minimum absolute atomic E-state index is 0.381. The molecule has 0 unspecified atom stereocenters. The molecule has 0 saturated carbocycles. The van der Waals surface area contributed by atoms with Crippen LogP contribution >= 0.6 is 0 Å². The molecule has 144 valence electrons. The van der Waals surface area contributed by atoms with Gasteiger partial charge in [0.05, 0.1) is 18.4 Å². The molecule has 0 aliphatic carbocycles. The predicted octanol–water partition coefficient (Wildman–Crippen LogP) is 3.10. The zero-order chi connectivity index (χ0) is 20.1. The van der Waals surface area contributed by atoms with Gasteiger partial charge in [-0.3, -0.25) is 14.5 Å². The van der Waals surface area contributed by atoms with Crippen LogP contribution in [0.25, 0.3) is 11.1 Å². The number of likely N-dealkylation sites (N-methyl/N-ethyl adjacent to an activating group) is 1. The number of hydrogen-bond acceptors (Lipinski definition) is 5. The summed E-state index contributed by atoms with van der Waals surface area (Å²) in [5, 5.41) is 12.5. The molecular formula is C22H23N3O3. The molecule has 1 N–H and O–H groups in total. The number of amides is 1. The first kappa shape index (κ1) is 19.6. The highest BCUT2D eigenvalue weighted by molar-refractivity contribution is 6.03. The molecule has 1 aliphatic heterocycles. The third-order valence-corrected chi connectivity index (χ3v) is 5.06. The van der Waals surface area contributed by atoms with E-state index in [1.54, 1.807) is 0 Å². The van der Waals surface area contributed by atoms with Gasteiger partial charge in [0.1, 0.15) is 12.5 Å². The fourth-order valence-corrected chi connectivity index (χ4v) is 3.58. The second-order valence-corrected chi connectivity index (χ2v) is 6.70. The number of fused-ring (bicyclic) bond motifs is 1. The summed E-state index contributed by atoms with van der Waals surface area (Å²) in [7, 11) is 1.24. The normalized spacial score (nSPS) is 13.3. The molecule has 0 aromatic heterocycles. The number of nitrogens with zero attached hydrogens (tertiary/aromatic N) is 2. The van der Waals surface area contributed by atoms with Crippen LogP contribution in [0.3, 0.4) is 0 Å². The van der Waals surface area contributed by atoms with Crippen LogP contribution in [0.2, 0.25) is 0 Å². The third-order valence-electron chi connectivity index (χ3n) is 5.06. The summed E-state index contributed by atoms with van der Waals surface area (Å²) in [5.74, 6) is -1.09. The van der Waals surface area contributed by atoms with Crippen molar-refractivity contribution >= 4 is 17.6 Å². The summed E-state index contributed by atoms with van der Waals surface area (Å²) < 4.78 is 4.57. The number of ether oxygens (including phenoxy) is 1. The molecule has 0 bridgehead atoms. The minimum atomic E-state index is -0.610. The van der Waals surface area contributed by atoms with E-state index in [4.69, 9.17) is 0 Å². The number of carbonyl (C=O) groups excluding carboxylic acids is 2. The first-order valence-electron chi connectivity index (χ1n) is 9.30. The van der Waals surface area contributed by atoms with Gasteiger partial charge in [-0.05, 0) is 41.3 Å². The summed E-state index contributed by atoms with van der Waals surface area (Å²) in [5.41, 5.74) is 5.06. The van der Waals surface area contributed by atoms with Crippen molar-refractivity contribution in [3.05, 3.63) is 53.1 Å². The molecule has 6 heteroatoms. The number of nitriles is 1. The molecule has 3 rings (SSSR count). The molecule has 0 spiro atoms. The van der Waals surface area contributed by atoms with Crippen molar-refractivity contribution in [3.63, 3.8) is 0 Å². The van der Waals surface area contributed by atoms with Crippen molar-refractivity contribution in [2.24, 2.45) is 0 Å². The molecule has 1 aliphatic rings. The van der Waals surface area contributed by atoms with E-state index in [1.807, 2.05) is 36.4 Å². The van der Waals surface area contributed by atoms with Crippen LogP contribution in [0.5, 0.6) is 0 Å². The smallest absolute Gasteiger partial charge is 0.315 e. The highest BCUT2D eigenvalue weighted by Crippen LogP contribution is 2.37. The summed E-state index contributed by atoms with van der Waals surface area (Å²) in [4.78, 5) is 26.0. The topological polar surface area (TPSA) is 82.4 Å². The molecule has 0 fully saturated rings. The summed E-state index contributed by atoms with van der Waals surface area (Å²) in [6.45, 7) is 4.54. The van der Waals surface area contributed by atoms with E-state index in [-0.39, 0.29) is 6.42 Å². The van der Waals surface area contributed by atoms with E-state index in [2.05, 4.69) is 27.9 Å². The number of esters is 1. The lowest BCUT2D eigenvalue weighted by atomic mass is 9.87. The Hall–Kier alpha value is -3.17. The molecule has 1 heterocycles. The highest BCUT2D eigenvalue weighted by Gasteiger charge is 2.25. The van der Waals surface area contributed by atoms with Crippen molar-refractivity contribution in [1.82, 2.24) is 4.90 Å². The van der Waals surface area contributed by atoms with Gasteiger partial charge in [0.2, 0.25) is 5.91 Å². The van der Waals surface area contributed by atoms with Gasteiger partial charge in [0.25, 0.3) is 0 Å². The fourth-order valence-electron chi connectivity index (χ4n) is 3.58. The molecule has 2 aromatic rings. The maximum atomic E-state index is 12.3. The van der Waals surface area contributed by atoms with Gasteiger partial charge in [-0.25, -0.2) is 0 Å². The number of rotatable bonds is 5. The van der Waals surface area contributed by atoms with Gasteiger partial charge in [-0.2, -0.15) is 5.26 Å². The lowest BCUT2D eigenvalue weighted by Crippen LogP contribution is -2.32. The Kier molecular flexibility index (Phi) is 6.07. The number of hydrogen-bond donors (Lipinski definition) is 1. The SMILES string of the molecule is CCN1CCc2c(-c3ccccc3)cc(C#N)c(NC(=O)CC(=O)OC)c2C1. The van der Waals surface area contributed by atoms with Gasteiger partial charge in [0, 0.05) is 13.1 Å². The summed E-state index contributed by atoms with van der Waals surface area (Å²) in [6, 6.07) is 14.0. The number of benzene rings is 2. The van der Waals surface area contributed by atoms with Crippen molar-refractivity contribution in [3.8, 4) is 17.2 Å². The molecule has 0 radical (unpaired) electrons. The van der Waals surface area contributed by atoms with Gasteiger partial charge in [-0.1, -0.05) is 37.3 Å². The number of nitrogens with one attached hydrogen (secondary N) is 1. The number of methoxy groups -OCH3 is 1. The van der Waals surface area contributed by atoms with Crippen molar-refractivity contribution < 1.29 is 14.3 Å². The van der Waals surface area contributed by atoms with Crippen molar-refractivity contribution in [1.29, 1.82) is 5.26 Å². The Balaban J connectivity index is 2.10. The van der Waals surface area contributed by atoms with Crippen LogP contribution in [0.15, 0.2) is 36.4 Å². The van der Waals surface area contributed by atoms with Crippen molar-refractivity contribution in [2.45, 2.75) is 26.3 Å². The lowest BCUT2D eigenvalue weighted by Gasteiger charge is -2.31. The molecule has 2 aromatic carbocycles. The van der Waals surface area contributed by atoms with E-state index in [0.29, 0.717) is 17.8 Å². The van der Waals surface area contributed by atoms with E-state index >= 15 is 0 Å². The van der Waals surface area contributed by atoms with Gasteiger partial charge >= 0.3 is 5.97 Å². The molecule has 28 heavy (non-hydrogen) atoms. The number of anilines is 1. The van der Waals surface area contributed by atoms with Gasteiger partial charge in [-0.15, -0.1) is 0 Å². The second-order valence-electron chi connectivity index (χ2n) is 6.70. The Bertz CT molecular complexity index is 932. The Morgan fingerprint density at radius 2 is 2.00 bits per heavy atom. The van der Waals surface area contributed by atoms with E-state index in [1.165, 1.54) is 7.11 Å². The molecule has 0 atom stereocenters. The first-order chi connectivity index (χ1) is 13.6. The third kappa shape index (κ3) is 4.05. The van der Waals surface area contributed by atoms with Crippen LogP contribution in [-0.2, 0) is 27.3 Å². The van der Waals surface area contributed by atoms with Crippen LogP contribution in [0.4, 0.5) is 5.69 Å². The molecule has 6 nitrogen and oxygen atoms in total. The zero-order valence-corrected chi connectivity index (χ0v) is 16.1.